The lowest BCUT2D eigenvalue weighted by molar-refractivity contribution is 0.174. The highest BCUT2D eigenvalue weighted by atomic mass is 127. The molecule has 1 heterocycles. The zero-order valence-electron chi connectivity index (χ0n) is 15.7. The fourth-order valence-corrected chi connectivity index (χ4v) is 2.66. The van der Waals surface area contributed by atoms with Gasteiger partial charge < -0.3 is 24.8 Å². The molecule has 7 heteroatoms. The van der Waals surface area contributed by atoms with Gasteiger partial charge in [0, 0.05) is 20.1 Å². The van der Waals surface area contributed by atoms with E-state index >= 15 is 0 Å². The average Bonchev–Trinajstić information content (AvgIpc) is 3.17. The second-order valence-corrected chi connectivity index (χ2v) is 5.93. The minimum absolute atomic E-state index is 0. The minimum atomic E-state index is 0. The number of guanidine groups is 1. The summed E-state index contributed by atoms with van der Waals surface area (Å²) >= 11 is 0. The molecule has 2 aromatic carbocycles. The third-order valence-electron chi connectivity index (χ3n) is 4.07. The molecule has 2 aromatic rings. The first-order valence-corrected chi connectivity index (χ1v) is 8.77. The van der Waals surface area contributed by atoms with Gasteiger partial charge in [-0.1, -0.05) is 24.1 Å². The molecule has 0 aromatic heterocycles. The predicted octanol–water partition coefficient (Wildman–Crippen LogP) is 2.95. The first-order chi connectivity index (χ1) is 13.3. The molecule has 0 spiro atoms. The van der Waals surface area contributed by atoms with E-state index in [0.717, 1.165) is 41.7 Å². The Kier molecular flexibility index (Phi) is 8.75. The van der Waals surface area contributed by atoms with Crippen LogP contribution in [0.2, 0.25) is 0 Å². The van der Waals surface area contributed by atoms with Gasteiger partial charge in [0.2, 0.25) is 6.79 Å². The Labute approximate surface area is 182 Å². The smallest absolute Gasteiger partial charge is 0.231 e. The van der Waals surface area contributed by atoms with Gasteiger partial charge in [0.05, 0.1) is 0 Å². The molecule has 1 aliphatic heterocycles. The largest absolute Gasteiger partial charge is 0.481 e. The van der Waals surface area contributed by atoms with Crippen LogP contribution in [0.5, 0.6) is 17.2 Å². The van der Waals surface area contributed by atoms with Crippen molar-refractivity contribution < 1.29 is 14.2 Å². The third kappa shape index (κ3) is 6.23. The lowest BCUT2D eigenvalue weighted by Gasteiger charge is -2.12. The molecule has 0 unspecified atom stereocenters. The summed E-state index contributed by atoms with van der Waals surface area (Å²) < 4.78 is 16.1. The number of fused-ring (bicyclic) bond motifs is 1. The molecule has 3 rings (SSSR count). The van der Waals surface area contributed by atoms with Crippen molar-refractivity contribution in [2.45, 2.75) is 13.0 Å². The standard InChI is InChI=1S/C21H23N3O3.HI/c1-3-12-25-18-7-4-16(5-8-18)10-11-23-21(22-2)24-14-17-6-9-19-20(13-17)27-15-26-19;/h1,4-9,13H,10-12,14-15H2,2H3,(H2,22,23,24);1H. The number of rotatable bonds is 7. The predicted molar refractivity (Wildman–Crippen MR) is 121 cm³/mol. The van der Waals surface area contributed by atoms with Crippen molar-refractivity contribution in [1.82, 2.24) is 10.6 Å². The summed E-state index contributed by atoms with van der Waals surface area (Å²) in [6.07, 6.45) is 6.06. The van der Waals surface area contributed by atoms with E-state index in [2.05, 4.69) is 21.5 Å². The first-order valence-electron chi connectivity index (χ1n) is 8.77. The fourth-order valence-electron chi connectivity index (χ4n) is 2.66. The molecule has 28 heavy (non-hydrogen) atoms. The van der Waals surface area contributed by atoms with E-state index in [-0.39, 0.29) is 37.4 Å². The highest BCUT2D eigenvalue weighted by Gasteiger charge is 2.13. The molecule has 1 aliphatic rings. The van der Waals surface area contributed by atoms with Gasteiger partial charge in [-0.3, -0.25) is 4.99 Å². The maximum absolute atomic E-state index is 5.40. The van der Waals surface area contributed by atoms with Crippen LogP contribution in [0.3, 0.4) is 0 Å². The summed E-state index contributed by atoms with van der Waals surface area (Å²) in [4.78, 5) is 4.25. The Hall–Kier alpha value is -2.60. The summed E-state index contributed by atoms with van der Waals surface area (Å²) in [5, 5.41) is 6.61. The zero-order chi connectivity index (χ0) is 18.9. The normalized spacial score (nSPS) is 11.9. The van der Waals surface area contributed by atoms with Gasteiger partial charge in [-0.05, 0) is 41.8 Å². The number of aliphatic imine (C=N–C) groups is 1. The molecule has 0 saturated carbocycles. The highest BCUT2D eigenvalue weighted by molar-refractivity contribution is 14.0. The van der Waals surface area contributed by atoms with Gasteiger partial charge >= 0.3 is 0 Å². The summed E-state index contributed by atoms with van der Waals surface area (Å²) in [7, 11) is 1.76. The van der Waals surface area contributed by atoms with E-state index in [1.165, 1.54) is 5.56 Å². The molecular formula is C21H24IN3O3. The molecule has 0 saturated heterocycles. The van der Waals surface area contributed by atoms with Gasteiger partial charge in [0.15, 0.2) is 17.5 Å². The Bertz CT molecular complexity index is 832. The van der Waals surface area contributed by atoms with Gasteiger partial charge in [0.25, 0.3) is 0 Å². The molecule has 0 bridgehead atoms. The molecule has 148 valence electrons. The van der Waals surface area contributed by atoms with E-state index in [1.807, 2.05) is 42.5 Å². The van der Waals surface area contributed by atoms with Crippen LogP contribution in [0.15, 0.2) is 47.5 Å². The summed E-state index contributed by atoms with van der Waals surface area (Å²) in [6.45, 7) is 1.99. The van der Waals surface area contributed by atoms with Crippen LogP contribution in [0.25, 0.3) is 0 Å². The lowest BCUT2D eigenvalue weighted by Crippen LogP contribution is -2.37. The van der Waals surface area contributed by atoms with Gasteiger partial charge in [-0.2, -0.15) is 0 Å². The number of terminal acetylenes is 1. The number of hydrogen-bond donors (Lipinski definition) is 2. The van der Waals surface area contributed by atoms with Crippen LogP contribution in [0.4, 0.5) is 0 Å². The molecular weight excluding hydrogens is 469 g/mol. The average molecular weight is 493 g/mol. The number of ether oxygens (including phenoxy) is 3. The Morgan fingerprint density at radius 2 is 1.86 bits per heavy atom. The maximum Gasteiger partial charge on any atom is 0.231 e. The molecule has 0 aliphatic carbocycles. The Morgan fingerprint density at radius 1 is 1.11 bits per heavy atom. The Balaban J connectivity index is 0.00000280. The van der Waals surface area contributed by atoms with Crippen molar-refractivity contribution in [3.05, 3.63) is 53.6 Å². The molecule has 6 nitrogen and oxygen atoms in total. The van der Waals surface area contributed by atoms with Crippen molar-refractivity contribution in [2.75, 3.05) is 27.0 Å². The van der Waals surface area contributed by atoms with Crippen molar-refractivity contribution >= 4 is 29.9 Å². The van der Waals surface area contributed by atoms with Crippen molar-refractivity contribution in [3.63, 3.8) is 0 Å². The number of benzene rings is 2. The van der Waals surface area contributed by atoms with Crippen LogP contribution in [-0.4, -0.2) is 33.0 Å². The summed E-state index contributed by atoms with van der Waals surface area (Å²) in [6, 6.07) is 13.8. The van der Waals surface area contributed by atoms with Gasteiger partial charge in [0.1, 0.15) is 12.4 Å². The summed E-state index contributed by atoms with van der Waals surface area (Å²) in [5.41, 5.74) is 2.31. The number of nitrogens with one attached hydrogen (secondary N) is 2. The van der Waals surface area contributed by atoms with Crippen LogP contribution in [-0.2, 0) is 13.0 Å². The second-order valence-electron chi connectivity index (χ2n) is 5.93. The molecule has 0 fully saturated rings. The highest BCUT2D eigenvalue weighted by Crippen LogP contribution is 2.32. The van der Waals surface area contributed by atoms with Crippen LogP contribution in [0.1, 0.15) is 11.1 Å². The summed E-state index contributed by atoms with van der Waals surface area (Å²) in [5.74, 6) is 5.56. The van der Waals surface area contributed by atoms with E-state index in [9.17, 15) is 0 Å². The molecule has 0 atom stereocenters. The monoisotopic (exact) mass is 493 g/mol. The number of nitrogens with zero attached hydrogens (tertiary/aromatic N) is 1. The quantitative estimate of drug-likeness (QED) is 0.269. The topological polar surface area (TPSA) is 64.1 Å². The van der Waals surface area contributed by atoms with E-state index in [1.54, 1.807) is 7.05 Å². The van der Waals surface area contributed by atoms with Crippen LogP contribution in [0, 0.1) is 12.3 Å². The molecule has 0 amide bonds. The van der Waals surface area contributed by atoms with Gasteiger partial charge in [-0.25, -0.2) is 0 Å². The second kappa shape index (κ2) is 11.3. The van der Waals surface area contributed by atoms with Crippen molar-refractivity contribution in [2.24, 2.45) is 4.99 Å². The minimum Gasteiger partial charge on any atom is -0.481 e. The number of hydrogen-bond acceptors (Lipinski definition) is 4. The van der Waals surface area contributed by atoms with Crippen molar-refractivity contribution in [3.8, 4) is 29.6 Å². The maximum atomic E-state index is 5.40. The SMILES string of the molecule is C#CCOc1ccc(CCNC(=NC)NCc2ccc3c(c2)OCO3)cc1.I. The van der Waals surface area contributed by atoms with Gasteiger partial charge in [-0.15, -0.1) is 30.4 Å². The van der Waals surface area contributed by atoms with Crippen molar-refractivity contribution in [1.29, 1.82) is 0 Å². The van der Waals surface area contributed by atoms with Crippen LogP contribution >= 0.6 is 24.0 Å². The fraction of sp³-hybridized carbons (Fsp3) is 0.286. The zero-order valence-corrected chi connectivity index (χ0v) is 18.1. The van der Waals surface area contributed by atoms with E-state index in [0.29, 0.717) is 6.54 Å². The van der Waals surface area contributed by atoms with E-state index < -0.39 is 0 Å². The lowest BCUT2D eigenvalue weighted by atomic mass is 10.1. The third-order valence-corrected chi connectivity index (χ3v) is 4.07. The number of halogens is 1. The first kappa shape index (κ1) is 21.7. The van der Waals surface area contributed by atoms with Crippen LogP contribution < -0.4 is 24.8 Å². The molecule has 0 radical (unpaired) electrons. The van der Waals surface area contributed by atoms with E-state index in [4.69, 9.17) is 20.6 Å². The Morgan fingerprint density at radius 3 is 2.61 bits per heavy atom. The molecule has 2 N–H and O–H groups in total.